The second-order valence-corrected chi connectivity index (χ2v) is 4.90. The predicted molar refractivity (Wildman–Crippen MR) is 81.2 cm³/mol. The van der Waals surface area contributed by atoms with Gasteiger partial charge in [-0.25, -0.2) is 4.79 Å². The summed E-state index contributed by atoms with van der Waals surface area (Å²) in [6, 6.07) is -2.73. The molecule has 0 heterocycles. The van der Waals surface area contributed by atoms with Crippen LogP contribution in [0.3, 0.4) is 0 Å². The van der Waals surface area contributed by atoms with Crippen LogP contribution in [0.4, 0.5) is 0 Å². The van der Waals surface area contributed by atoms with Crippen molar-refractivity contribution >= 4 is 35.5 Å². The number of carboxylic acid groups (broad SMARTS) is 1. The van der Waals surface area contributed by atoms with E-state index in [1.54, 1.807) is 0 Å². The fourth-order valence-corrected chi connectivity index (χ4v) is 1.50. The van der Waals surface area contributed by atoms with Gasteiger partial charge in [-0.15, -0.1) is 0 Å². The number of primary amides is 2. The summed E-state index contributed by atoms with van der Waals surface area (Å²) in [5.41, 5.74) is 15.1. The summed E-state index contributed by atoms with van der Waals surface area (Å²) >= 11 is 0. The zero-order valence-electron chi connectivity index (χ0n) is 13.1. The van der Waals surface area contributed by atoms with Crippen molar-refractivity contribution in [2.24, 2.45) is 17.2 Å². The number of nitrogens with two attached hydrogens (primary N) is 3. The molecule has 13 heteroatoms. The molecule has 0 bridgehead atoms. The summed E-state index contributed by atoms with van der Waals surface area (Å²) in [5, 5.41) is 15.0. The molecule has 25 heavy (non-hydrogen) atoms. The third kappa shape index (κ3) is 10.2. The summed E-state index contributed by atoms with van der Waals surface area (Å²) in [7, 11) is 0. The standard InChI is InChI=1S/C12H20N6O7/c13-5(1-7(14)19)11(23)17-3-9(21)16-4-10(22)18-6(12(24)25)2-8(15)20/h5-6H,1-4,13H2,(H2,14,19)(H2,15,20)(H,16,21)(H,17,23)(H,18,22)(H,24,25)/t5-,6-/m0/s1. The molecular weight excluding hydrogens is 340 g/mol. The molecule has 0 rings (SSSR count). The first-order valence-electron chi connectivity index (χ1n) is 6.91. The molecule has 0 unspecified atom stereocenters. The number of hydrogen-bond donors (Lipinski definition) is 7. The molecule has 5 amide bonds. The number of hydrogen-bond acceptors (Lipinski definition) is 7. The Hall–Kier alpha value is -3.22. The maximum Gasteiger partial charge on any atom is 0.326 e. The van der Waals surface area contributed by atoms with Gasteiger partial charge in [-0.2, -0.15) is 0 Å². The third-order valence-electron chi connectivity index (χ3n) is 2.67. The van der Waals surface area contributed by atoms with Crippen LogP contribution in [-0.2, 0) is 28.8 Å². The third-order valence-corrected chi connectivity index (χ3v) is 2.67. The van der Waals surface area contributed by atoms with Crippen LogP contribution in [0.15, 0.2) is 0 Å². The molecule has 0 saturated carbocycles. The summed E-state index contributed by atoms with van der Waals surface area (Å²) < 4.78 is 0. The van der Waals surface area contributed by atoms with Gasteiger partial charge in [-0.05, 0) is 0 Å². The topological polar surface area (TPSA) is 237 Å². The number of nitrogens with one attached hydrogen (secondary N) is 3. The van der Waals surface area contributed by atoms with E-state index in [1.807, 2.05) is 5.32 Å². The van der Waals surface area contributed by atoms with Crippen LogP contribution in [0.1, 0.15) is 12.8 Å². The minimum Gasteiger partial charge on any atom is -0.480 e. The van der Waals surface area contributed by atoms with E-state index in [1.165, 1.54) is 0 Å². The van der Waals surface area contributed by atoms with Crippen molar-refractivity contribution in [3.8, 4) is 0 Å². The molecule has 0 aromatic carbocycles. The molecule has 0 aliphatic rings. The van der Waals surface area contributed by atoms with Crippen LogP contribution in [0.5, 0.6) is 0 Å². The minimum atomic E-state index is -1.52. The molecule has 0 fully saturated rings. The molecule has 10 N–H and O–H groups in total. The molecular formula is C12H20N6O7. The van der Waals surface area contributed by atoms with Crippen LogP contribution >= 0.6 is 0 Å². The van der Waals surface area contributed by atoms with Crippen LogP contribution < -0.4 is 33.2 Å². The Morgan fingerprint density at radius 1 is 0.840 bits per heavy atom. The molecule has 0 spiro atoms. The van der Waals surface area contributed by atoms with E-state index >= 15 is 0 Å². The zero-order chi connectivity index (χ0) is 19.6. The minimum absolute atomic E-state index is 0.397. The lowest BCUT2D eigenvalue weighted by atomic mass is 10.2. The first-order valence-corrected chi connectivity index (χ1v) is 6.91. The van der Waals surface area contributed by atoms with Crippen molar-refractivity contribution in [2.45, 2.75) is 24.9 Å². The van der Waals surface area contributed by atoms with E-state index in [4.69, 9.17) is 22.3 Å². The number of carbonyl (C=O) groups excluding carboxylic acids is 5. The van der Waals surface area contributed by atoms with Gasteiger partial charge in [-0.3, -0.25) is 24.0 Å². The van der Waals surface area contributed by atoms with Gasteiger partial charge in [0.1, 0.15) is 6.04 Å². The lowest BCUT2D eigenvalue weighted by molar-refractivity contribution is -0.143. The molecule has 0 aromatic rings. The maximum atomic E-state index is 11.5. The molecule has 0 aromatic heterocycles. The highest BCUT2D eigenvalue weighted by Gasteiger charge is 2.22. The van der Waals surface area contributed by atoms with Crippen LogP contribution in [-0.4, -0.2) is 65.8 Å². The van der Waals surface area contributed by atoms with E-state index in [2.05, 4.69) is 10.6 Å². The van der Waals surface area contributed by atoms with Crippen molar-refractivity contribution in [1.82, 2.24) is 16.0 Å². The molecule has 2 atom stereocenters. The van der Waals surface area contributed by atoms with Crippen molar-refractivity contribution in [3.63, 3.8) is 0 Å². The fraction of sp³-hybridized carbons (Fsp3) is 0.500. The van der Waals surface area contributed by atoms with Crippen LogP contribution in [0.2, 0.25) is 0 Å². The van der Waals surface area contributed by atoms with Crippen molar-refractivity contribution < 1.29 is 33.9 Å². The maximum absolute atomic E-state index is 11.5. The van der Waals surface area contributed by atoms with Gasteiger partial charge in [0.15, 0.2) is 0 Å². The first-order chi connectivity index (χ1) is 11.5. The second-order valence-electron chi connectivity index (χ2n) is 4.90. The molecule has 0 aliphatic heterocycles. The quantitative estimate of drug-likeness (QED) is 0.187. The van der Waals surface area contributed by atoms with E-state index in [0.717, 1.165) is 0 Å². The largest absolute Gasteiger partial charge is 0.480 e. The van der Waals surface area contributed by atoms with E-state index in [9.17, 15) is 28.8 Å². The Labute approximate surface area is 141 Å². The lowest BCUT2D eigenvalue weighted by Crippen LogP contribution is -2.49. The summed E-state index contributed by atoms with van der Waals surface area (Å²) in [4.78, 5) is 66.5. The van der Waals surface area contributed by atoms with Gasteiger partial charge in [0.05, 0.1) is 32.0 Å². The van der Waals surface area contributed by atoms with Gasteiger partial charge in [0.25, 0.3) is 0 Å². The Morgan fingerprint density at radius 2 is 1.36 bits per heavy atom. The van der Waals surface area contributed by atoms with Gasteiger partial charge in [0.2, 0.25) is 29.5 Å². The van der Waals surface area contributed by atoms with Crippen molar-refractivity contribution in [3.05, 3.63) is 0 Å². The van der Waals surface area contributed by atoms with Gasteiger partial charge < -0.3 is 38.3 Å². The average Bonchev–Trinajstić information content (AvgIpc) is 2.48. The number of rotatable bonds is 11. The molecule has 140 valence electrons. The molecule has 13 nitrogen and oxygen atoms in total. The number of carbonyl (C=O) groups is 6. The monoisotopic (exact) mass is 360 g/mol. The van der Waals surface area contributed by atoms with Gasteiger partial charge >= 0.3 is 5.97 Å². The summed E-state index contributed by atoms with van der Waals surface area (Å²) in [6.45, 7) is -1.12. The highest BCUT2D eigenvalue weighted by atomic mass is 16.4. The van der Waals surface area contributed by atoms with Crippen molar-refractivity contribution in [2.75, 3.05) is 13.1 Å². The normalized spacial score (nSPS) is 12.4. The molecule has 0 aliphatic carbocycles. The average molecular weight is 360 g/mol. The smallest absolute Gasteiger partial charge is 0.326 e. The van der Waals surface area contributed by atoms with Gasteiger partial charge in [0, 0.05) is 0 Å². The van der Waals surface area contributed by atoms with E-state index < -0.39 is 73.5 Å². The fourth-order valence-electron chi connectivity index (χ4n) is 1.50. The van der Waals surface area contributed by atoms with E-state index in [0.29, 0.717) is 0 Å². The number of aliphatic carboxylic acids is 1. The zero-order valence-corrected chi connectivity index (χ0v) is 13.1. The molecule has 0 saturated heterocycles. The number of carboxylic acids is 1. The highest BCUT2D eigenvalue weighted by Crippen LogP contribution is 1.91. The highest BCUT2D eigenvalue weighted by molar-refractivity contribution is 5.92. The van der Waals surface area contributed by atoms with Crippen molar-refractivity contribution in [1.29, 1.82) is 0 Å². The Morgan fingerprint density at radius 3 is 1.84 bits per heavy atom. The summed E-state index contributed by atoms with van der Waals surface area (Å²) in [6.07, 6.45) is -1.00. The van der Waals surface area contributed by atoms with Crippen LogP contribution in [0, 0.1) is 0 Å². The van der Waals surface area contributed by atoms with E-state index in [-0.39, 0.29) is 0 Å². The lowest BCUT2D eigenvalue weighted by Gasteiger charge is -2.13. The molecule has 0 radical (unpaired) electrons. The Bertz CT molecular complexity index is 564. The second kappa shape index (κ2) is 10.5. The SMILES string of the molecule is NC(=O)C[C@H](NC(=O)CNC(=O)CNC(=O)[C@@H](N)CC(N)=O)C(=O)O. The Kier molecular flexibility index (Phi) is 9.18. The van der Waals surface area contributed by atoms with Gasteiger partial charge in [-0.1, -0.05) is 0 Å². The predicted octanol–water partition coefficient (Wildman–Crippen LogP) is -5.13. The first kappa shape index (κ1) is 21.8. The summed E-state index contributed by atoms with van der Waals surface area (Å²) in [5.74, 6) is -5.60. The van der Waals surface area contributed by atoms with Crippen LogP contribution in [0.25, 0.3) is 0 Å². The Balaban J connectivity index is 4.21. The number of amides is 5.